The number of pyridine rings is 1. The Morgan fingerprint density at radius 2 is 1.67 bits per heavy atom. The lowest BCUT2D eigenvalue weighted by Gasteiger charge is -2.02. The molecule has 0 unspecified atom stereocenters. The van der Waals surface area contributed by atoms with Gasteiger partial charge in [0, 0.05) is 15.2 Å². The molecule has 0 aliphatic carbocycles. The van der Waals surface area contributed by atoms with Crippen molar-refractivity contribution in [3.8, 4) is 0 Å². The quantitative estimate of drug-likeness (QED) is 0.552. The van der Waals surface area contributed by atoms with Crippen molar-refractivity contribution >= 4 is 37.7 Å². The molecular formula is C13H8BrN. The van der Waals surface area contributed by atoms with Crippen LogP contribution >= 0.6 is 15.9 Å². The van der Waals surface area contributed by atoms with Gasteiger partial charge in [0.15, 0.2) is 0 Å². The molecule has 3 aromatic rings. The first-order valence-electron chi connectivity index (χ1n) is 4.78. The molecule has 0 N–H and O–H groups in total. The van der Waals surface area contributed by atoms with Gasteiger partial charge in [0.25, 0.3) is 0 Å². The summed E-state index contributed by atoms with van der Waals surface area (Å²) >= 11 is 3.52. The zero-order valence-electron chi connectivity index (χ0n) is 7.94. The van der Waals surface area contributed by atoms with Gasteiger partial charge < -0.3 is 0 Å². The summed E-state index contributed by atoms with van der Waals surface area (Å²) in [4.78, 5) is 4.63. The van der Waals surface area contributed by atoms with E-state index in [1.165, 1.54) is 10.8 Å². The van der Waals surface area contributed by atoms with Crippen LogP contribution in [0.5, 0.6) is 0 Å². The second-order valence-corrected chi connectivity index (χ2v) is 4.35. The van der Waals surface area contributed by atoms with E-state index in [0.717, 1.165) is 15.5 Å². The summed E-state index contributed by atoms with van der Waals surface area (Å²) < 4.78 is 1.05. The van der Waals surface area contributed by atoms with Gasteiger partial charge in [-0.1, -0.05) is 30.3 Å². The number of aromatic nitrogens is 1. The standard InChI is InChI=1S/C13H8BrN/c14-11-6-3-5-10-8-9-4-1-2-7-12(9)15-13(10)11/h1-8H. The molecule has 3 rings (SSSR count). The molecule has 1 nitrogen and oxygen atoms in total. The largest absolute Gasteiger partial charge is 0.247 e. The molecule has 0 aliphatic rings. The zero-order chi connectivity index (χ0) is 10.3. The number of hydrogen-bond acceptors (Lipinski definition) is 1. The lowest BCUT2D eigenvalue weighted by molar-refractivity contribution is 1.48. The maximum Gasteiger partial charge on any atom is 0.0851 e. The molecule has 0 amide bonds. The van der Waals surface area contributed by atoms with Gasteiger partial charge >= 0.3 is 0 Å². The van der Waals surface area contributed by atoms with Crippen molar-refractivity contribution in [2.24, 2.45) is 0 Å². The molecule has 2 aromatic carbocycles. The van der Waals surface area contributed by atoms with Crippen LogP contribution in [-0.2, 0) is 0 Å². The highest BCUT2D eigenvalue weighted by atomic mass is 79.9. The van der Waals surface area contributed by atoms with E-state index in [4.69, 9.17) is 0 Å². The fourth-order valence-corrected chi connectivity index (χ4v) is 2.24. The van der Waals surface area contributed by atoms with Gasteiger partial charge in [-0.2, -0.15) is 0 Å². The monoisotopic (exact) mass is 257 g/mol. The molecule has 72 valence electrons. The molecule has 0 fully saturated rings. The summed E-state index contributed by atoms with van der Waals surface area (Å²) in [5.74, 6) is 0. The summed E-state index contributed by atoms with van der Waals surface area (Å²) in [5, 5.41) is 2.35. The molecule has 2 heteroatoms. The van der Waals surface area contributed by atoms with Crippen LogP contribution in [0, 0.1) is 0 Å². The van der Waals surface area contributed by atoms with Gasteiger partial charge in [0.05, 0.1) is 11.0 Å². The second-order valence-electron chi connectivity index (χ2n) is 3.49. The van der Waals surface area contributed by atoms with Crippen molar-refractivity contribution in [2.75, 3.05) is 0 Å². The lowest BCUT2D eigenvalue weighted by Crippen LogP contribution is -1.82. The van der Waals surface area contributed by atoms with E-state index in [1.807, 2.05) is 30.3 Å². The SMILES string of the molecule is Brc1cccc2cc3ccccc3nc12. The average molecular weight is 258 g/mol. The summed E-state index contributed by atoms with van der Waals surface area (Å²) in [6, 6.07) is 16.5. The highest BCUT2D eigenvalue weighted by molar-refractivity contribution is 9.10. The van der Waals surface area contributed by atoms with Gasteiger partial charge in [-0.25, -0.2) is 4.98 Å². The third-order valence-electron chi connectivity index (χ3n) is 2.50. The van der Waals surface area contributed by atoms with Gasteiger partial charge in [-0.3, -0.25) is 0 Å². The first kappa shape index (κ1) is 8.86. The van der Waals surface area contributed by atoms with E-state index in [2.05, 4.69) is 39.1 Å². The number of halogens is 1. The Morgan fingerprint density at radius 3 is 2.60 bits per heavy atom. The molecule has 0 bridgehead atoms. The fourth-order valence-electron chi connectivity index (χ4n) is 1.77. The van der Waals surface area contributed by atoms with E-state index in [0.29, 0.717) is 0 Å². The Labute approximate surface area is 95.9 Å². The maximum absolute atomic E-state index is 4.63. The van der Waals surface area contributed by atoms with Gasteiger partial charge in [-0.15, -0.1) is 0 Å². The van der Waals surface area contributed by atoms with Crippen LogP contribution in [0.1, 0.15) is 0 Å². The second kappa shape index (κ2) is 3.31. The Kier molecular flexibility index (Phi) is 1.96. The van der Waals surface area contributed by atoms with Crippen LogP contribution in [0.15, 0.2) is 53.0 Å². The number of benzene rings is 2. The highest BCUT2D eigenvalue weighted by Gasteiger charge is 2.01. The molecule has 0 radical (unpaired) electrons. The Morgan fingerprint density at radius 1 is 0.867 bits per heavy atom. The molecule has 0 saturated heterocycles. The summed E-state index contributed by atoms with van der Waals surface area (Å²) in [6.07, 6.45) is 0. The van der Waals surface area contributed by atoms with E-state index >= 15 is 0 Å². The first-order chi connectivity index (χ1) is 7.34. The predicted octanol–water partition coefficient (Wildman–Crippen LogP) is 4.15. The number of fused-ring (bicyclic) bond motifs is 2. The summed E-state index contributed by atoms with van der Waals surface area (Å²) in [5.41, 5.74) is 2.06. The van der Waals surface area contributed by atoms with Crippen molar-refractivity contribution in [1.82, 2.24) is 4.98 Å². The maximum atomic E-state index is 4.63. The van der Waals surface area contributed by atoms with Crippen LogP contribution in [0.3, 0.4) is 0 Å². The minimum atomic E-state index is 1.02. The van der Waals surface area contributed by atoms with Crippen LogP contribution < -0.4 is 0 Å². The summed E-state index contributed by atoms with van der Waals surface area (Å²) in [6.45, 7) is 0. The van der Waals surface area contributed by atoms with Crippen molar-refractivity contribution in [3.05, 3.63) is 53.0 Å². The van der Waals surface area contributed by atoms with Crippen molar-refractivity contribution in [1.29, 1.82) is 0 Å². The molecule has 0 atom stereocenters. The third kappa shape index (κ3) is 1.41. The normalized spacial score (nSPS) is 11.0. The third-order valence-corrected chi connectivity index (χ3v) is 3.14. The van der Waals surface area contributed by atoms with E-state index in [9.17, 15) is 0 Å². The number of nitrogens with zero attached hydrogens (tertiary/aromatic N) is 1. The van der Waals surface area contributed by atoms with Crippen molar-refractivity contribution in [2.45, 2.75) is 0 Å². The molecule has 1 aromatic heterocycles. The zero-order valence-corrected chi connectivity index (χ0v) is 9.53. The predicted molar refractivity (Wildman–Crippen MR) is 66.9 cm³/mol. The first-order valence-corrected chi connectivity index (χ1v) is 5.58. The number of para-hydroxylation sites is 2. The van der Waals surface area contributed by atoms with Crippen LogP contribution in [0.25, 0.3) is 21.8 Å². The molecule has 0 aliphatic heterocycles. The van der Waals surface area contributed by atoms with Crippen LogP contribution in [0.4, 0.5) is 0 Å². The Bertz CT molecular complexity index is 646. The Balaban J connectivity index is 2.53. The van der Waals surface area contributed by atoms with Crippen LogP contribution in [0.2, 0.25) is 0 Å². The lowest BCUT2D eigenvalue weighted by atomic mass is 10.1. The van der Waals surface area contributed by atoms with Crippen molar-refractivity contribution in [3.63, 3.8) is 0 Å². The molecule has 15 heavy (non-hydrogen) atoms. The minimum Gasteiger partial charge on any atom is -0.247 e. The molecular weight excluding hydrogens is 250 g/mol. The highest BCUT2D eigenvalue weighted by Crippen LogP contribution is 2.25. The average Bonchev–Trinajstić information content (AvgIpc) is 2.27. The van der Waals surface area contributed by atoms with E-state index in [-0.39, 0.29) is 0 Å². The molecule has 0 saturated carbocycles. The number of hydrogen-bond donors (Lipinski definition) is 0. The topological polar surface area (TPSA) is 12.9 Å². The van der Waals surface area contributed by atoms with Gasteiger partial charge in [0.1, 0.15) is 0 Å². The van der Waals surface area contributed by atoms with Gasteiger partial charge in [0.2, 0.25) is 0 Å². The fraction of sp³-hybridized carbons (Fsp3) is 0. The van der Waals surface area contributed by atoms with E-state index < -0.39 is 0 Å². The van der Waals surface area contributed by atoms with Crippen LogP contribution in [-0.4, -0.2) is 4.98 Å². The molecule has 0 spiro atoms. The number of rotatable bonds is 0. The van der Waals surface area contributed by atoms with Crippen molar-refractivity contribution < 1.29 is 0 Å². The smallest absolute Gasteiger partial charge is 0.0851 e. The minimum absolute atomic E-state index is 1.02. The van der Waals surface area contributed by atoms with E-state index in [1.54, 1.807) is 0 Å². The summed E-state index contributed by atoms with van der Waals surface area (Å²) in [7, 11) is 0. The molecule has 1 heterocycles. The Hall–Kier alpha value is -1.41. The van der Waals surface area contributed by atoms with Gasteiger partial charge in [-0.05, 0) is 34.1 Å².